The minimum Gasteiger partial charge on any atom is -0.480 e. The molecule has 0 radical (unpaired) electrons. The van der Waals surface area contributed by atoms with Gasteiger partial charge in [-0.15, -0.1) is 0 Å². The second-order valence-electron chi connectivity index (χ2n) is 4.18. The number of rotatable bonds is 5. The molecule has 0 amide bonds. The van der Waals surface area contributed by atoms with Crippen LogP contribution in [0.5, 0.6) is 0 Å². The van der Waals surface area contributed by atoms with Crippen LogP contribution in [0.3, 0.4) is 0 Å². The van der Waals surface area contributed by atoms with E-state index in [1.165, 1.54) is 0 Å². The summed E-state index contributed by atoms with van der Waals surface area (Å²) < 4.78 is 61.3. The fourth-order valence-corrected chi connectivity index (χ4v) is 3.33. The van der Waals surface area contributed by atoms with Crippen molar-refractivity contribution in [2.45, 2.75) is 36.1 Å². The van der Waals surface area contributed by atoms with E-state index >= 15 is 0 Å². The number of carbonyl (C=O) groups is 1. The molecule has 20 heavy (non-hydrogen) atoms. The summed E-state index contributed by atoms with van der Waals surface area (Å²) in [6, 6.07) is 2.81. The molecular formula is C12H13F3O4S. The third-order valence-corrected chi connectivity index (χ3v) is 4.83. The molecule has 0 aromatic heterocycles. The maximum absolute atomic E-state index is 12.4. The van der Waals surface area contributed by atoms with Gasteiger partial charge in [-0.05, 0) is 30.7 Å². The maximum atomic E-state index is 12.4. The number of sulfone groups is 1. The molecule has 0 spiro atoms. The van der Waals surface area contributed by atoms with Crippen LogP contribution in [0.25, 0.3) is 0 Å². The zero-order valence-corrected chi connectivity index (χ0v) is 11.3. The van der Waals surface area contributed by atoms with Crippen LogP contribution in [0.1, 0.15) is 25.3 Å². The van der Waals surface area contributed by atoms with Gasteiger partial charge in [-0.3, -0.25) is 4.79 Å². The Morgan fingerprint density at radius 2 is 1.75 bits per heavy atom. The Bertz CT molecular complexity index is 576. The van der Waals surface area contributed by atoms with Crippen molar-refractivity contribution in [3.63, 3.8) is 0 Å². The number of benzene rings is 1. The minimum absolute atomic E-state index is 0.0985. The average molecular weight is 310 g/mol. The molecule has 0 aliphatic carbocycles. The summed E-state index contributed by atoms with van der Waals surface area (Å²) in [5.41, 5.74) is -0.987. The zero-order chi connectivity index (χ0) is 15.6. The van der Waals surface area contributed by atoms with Crippen LogP contribution in [-0.2, 0) is 20.8 Å². The van der Waals surface area contributed by atoms with Crippen molar-refractivity contribution in [1.82, 2.24) is 0 Å². The lowest BCUT2D eigenvalue weighted by molar-refractivity contribution is -0.138. The highest BCUT2D eigenvalue weighted by Gasteiger charge is 2.35. The van der Waals surface area contributed by atoms with Crippen LogP contribution >= 0.6 is 0 Å². The van der Waals surface area contributed by atoms with Crippen molar-refractivity contribution in [2.24, 2.45) is 0 Å². The smallest absolute Gasteiger partial charge is 0.416 e. The van der Waals surface area contributed by atoms with Crippen LogP contribution in [-0.4, -0.2) is 24.7 Å². The third-order valence-electron chi connectivity index (χ3n) is 2.71. The highest BCUT2D eigenvalue weighted by atomic mass is 32.2. The van der Waals surface area contributed by atoms with Gasteiger partial charge in [0.15, 0.2) is 15.1 Å². The molecule has 1 aromatic carbocycles. The number of aliphatic carboxylic acids is 1. The van der Waals surface area contributed by atoms with E-state index in [1.807, 2.05) is 0 Å². The summed E-state index contributed by atoms with van der Waals surface area (Å²) in [7, 11) is -4.19. The van der Waals surface area contributed by atoms with Crippen molar-refractivity contribution >= 4 is 15.8 Å². The van der Waals surface area contributed by atoms with Gasteiger partial charge >= 0.3 is 12.1 Å². The Morgan fingerprint density at radius 3 is 2.10 bits per heavy atom. The Hall–Kier alpha value is -1.57. The zero-order valence-electron chi connectivity index (χ0n) is 10.5. The molecule has 4 nitrogen and oxygen atoms in total. The molecule has 112 valence electrons. The van der Waals surface area contributed by atoms with E-state index in [0.29, 0.717) is 18.6 Å². The summed E-state index contributed by atoms with van der Waals surface area (Å²) in [6.07, 6.45) is -4.34. The molecule has 0 aliphatic rings. The van der Waals surface area contributed by atoms with Crippen molar-refractivity contribution in [2.75, 3.05) is 0 Å². The first kappa shape index (κ1) is 16.5. The number of carboxylic acid groups (broad SMARTS) is 1. The molecule has 8 heteroatoms. The second kappa shape index (κ2) is 5.82. The average Bonchev–Trinajstić information content (AvgIpc) is 2.34. The van der Waals surface area contributed by atoms with E-state index in [2.05, 4.69) is 0 Å². The lowest BCUT2D eigenvalue weighted by Crippen LogP contribution is -2.30. The summed E-state index contributed by atoms with van der Waals surface area (Å²) in [6.45, 7) is 1.62. The first-order chi connectivity index (χ1) is 9.10. The van der Waals surface area contributed by atoms with Gasteiger partial charge in [0.25, 0.3) is 0 Å². The Balaban J connectivity index is 3.19. The van der Waals surface area contributed by atoms with Crippen molar-refractivity contribution in [1.29, 1.82) is 0 Å². The van der Waals surface area contributed by atoms with Crippen LogP contribution in [0.2, 0.25) is 0 Å². The van der Waals surface area contributed by atoms with Crippen LogP contribution in [0.4, 0.5) is 13.2 Å². The molecule has 1 N–H and O–H groups in total. The molecule has 0 bridgehead atoms. The van der Waals surface area contributed by atoms with Crippen LogP contribution in [0, 0.1) is 0 Å². The fraction of sp³-hybridized carbons (Fsp3) is 0.417. The van der Waals surface area contributed by atoms with Gasteiger partial charge in [0.2, 0.25) is 0 Å². The fourth-order valence-electron chi connectivity index (χ4n) is 1.67. The SMILES string of the molecule is CCCC(C(=O)O)S(=O)(=O)c1ccc(C(F)(F)F)cc1. The number of carboxylic acids is 1. The number of halogens is 3. The predicted molar refractivity (Wildman–Crippen MR) is 65.0 cm³/mol. The molecule has 1 unspecified atom stereocenters. The van der Waals surface area contributed by atoms with Gasteiger partial charge in [-0.2, -0.15) is 13.2 Å². The molecular weight excluding hydrogens is 297 g/mol. The molecule has 0 heterocycles. The molecule has 0 fully saturated rings. The van der Waals surface area contributed by atoms with Crippen molar-refractivity contribution < 1.29 is 31.5 Å². The molecule has 1 atom stereocenters. The standard InChI is InChI=1S/C12H13F3O4S/c1-2-3-10(11(16)17)20(18,19)9-6-4-8(5-7-9)12(13,14)15/h4-7,10H,2-3H2,1H3,(H,16,17). The number of hydrogen-bond acceptors (Lipinski definition) is 3. The molecule has 0 saturated carbocycles. The molecule has 0 aliphatic heterocycles. The summed E-state index contributed by atoms with van der Waals surface area (Å²) in [4.78, 5) is 10.6. The van der Waals surface area contributed by atoms with E-state index in [4.69, 9.17) is 5.11 Å². The van der Waals surface area contributed by atoms with Gasteiger partial charge in [-0.25, -0.2) is 8.42 Å². The summed E-state index contributed by atoms with van der Waals surface area (Å²) >= 11 is 0. The number of hydrogen-bond donors (Lipinski definition) is 1. The first-order valence-corrected chi connectivity index (χ1v) is 7.29. The topological polar surface area (TPSA) is 71.4 Å². The first-order valence-electron chi connectivity index (χ1n) is 5.74. The van der Waals surface area contributed by atoms with E-state index in [-0.39, 0.29) is 6.42 Å². The lowest BCUT2D eigenvalue weighted by Gasteiger charge is -2.13. The number of alkyl halides is 3. The van der Waals surface area contributed by atoms with E-state index in [1.54, 1.807) is 6.92 Å². The lowest BCUT2D eigenvalue weighted by atomic mass is 10.2. The Morgan fingerprint density at radius 1 is 1.25 bits per heavy atom. The molecule has 0 saturated heterocycles. The van der Waals surface area contributed by atoms with Crippen molar-refractivity contribution in [3.05, 3.63) is 29.8 Å². The highest BCUT2D eigenvalue weighted by Crippen LogP contribution is 2.30. The summed E-state index contributed by atoms with van der Waals surface area (Å²) in [5, 5.41) is 7.28. The van der Waals surface area contributed by atoms with E-state index in [9.17, 15) is 26.4 Å². The third kappa shape index (κ3) is 3.50. The maximum Gasteiger partial charge on any atom is 0.416 e. The van der Waals surface area contributed by atoms with Gasteiger partial charge in [0.1, 0.15) is 0 Å². The normalized spacial score (nSPS) is 14.0. The van der Waals surface area contributed by atoms with Gasteiger partial charge in [0.05, 0.1) is 10.5 Å². The largest absolute Gasteiger partial charge is 0.480 e. The van der Waals surface area contributed by atoms with E-state index < -0.39 is 37.7 Å². The van der Waals surface area contributed by atoms with Crippen molar-refractivity contribution in [3.8, 4) is 0 Å². The molecule has 1 rings (SSSR count). The van der Waals surface area contributed by atoms with Crippen LogP contribution < -0.4 is 0 Å². The summed E-state index contributed by atoms with van der Waals surface area (Å²) in [5.74, 6) is -1.51. The second-order valence-corrected chi connectivity index (χ2v) is 6.31. The van der Waals surface area contributed by atoms with Gasteiger partial charge in [-0.1, -0.05) is 13.3 Å². The van der Waals surface area contributed by atoms with Gasteiger partial charge < -0.3 is 5.11 Å². The Kier molecular flexibility index (Phi) is 4.80. The quantitative estimate of drug-likeness (QED) is 0.907. The van der Waals surface area contributed by atoms with Gasteiger partial charge in [0, 0.05) is 0 Å². The predicted octanol–water partition coefficient (Wildman–Crippen LogP) is 2.73. The minimum atomic E-state index is -4.57. The monoisotopic (exact) mass is 310 g/mol. The van der Waals surface area contributed by atoms with Crippen LogP contribution in [0.15, 0.2) is 29.2 Å². The highest BCUT2D eigenvalue weighted by molar-refractivity contribution is 7.92. The Labute approximate surface area is 114 Å². The molecule has 1 aromatic rings. The van der Waals surface area contributed by atoms with E-state index in [0.717, 1.165) is 12.1 Å².